The summed E-state index contributed by atoms with van der Waals surface area (Å²) >= 11 is 0. The van der Waals surface area contributed by atoms with Crippen LogP contribution in [0.25, 0.3) is 11.3 Å². The number of likely N-dealkylation sites (N-methyl/N-ethyl adjacent to an activating group) is 1. The fourth-order valence-electron chi connectivity index (χ4n) is 3.07. The van der Waals surface area contributed by atoms with Gasteiger partial charge in [0.15, 0.2) is 0 Å². The fraction of sp³-hybridized carbons (Fsp3) is 0.261. The average Bonchev–Trinajstić information content (AvgIpc) is 2.73. The molecule has 1 aromatic carbocycles. The largest absolute Gasteiger partial charge is 0.382 e. The molecule has 5 nitrogen and oxygen atoms in total. The third-order valence-electron chi connectivity index (χ3n) is 4.90. The molecule has 28 heavy (non-hydrogen) atoms. The molecule has 5 heteroatoms. The van der Waals surface area contributed by atoms with E-state index in [0.717, 1.165) is 28.2 Å². The smallest absolute Gasteiger partial charge is 0.254 e. The van der Waals surface area contributed by atoms with Gasteiger partial charge in [0.05, 0.1) is 24.0 Å². The first-order valence-corrected chi connectivity index (χ1v) is 9.23. The van der Waals surface area contributed by atoms with E-state index in [2.05, 4.69) is 9.97 Å². The maximum atomic E-state index is 13.2. The molecule has 0 radical (unpaired) electrons. The Morgan fingerprint density at radius 2 is 1.93 bits per heavy atom. The van der Waals surface area contributed by atoms with Crippen LogP contribution in [-0.4, -0.2) is 41.5 Å². The zero-order valence-corrected chi connectivity index (χ0v) is 16.7. The van der Waals surface area contributed by atoms with Gasteiger partial charge >= 0.3 is 0 Å². The van der Waals surface area contributed by atoms with Crippen LogP contribution in [0.4, 0.5) is 0 Å². The van der Waals surface area contributed by atoms with Crippen molar-refractivity contribution in [1.29, 1.82) is 0 Å². The van der Waals surface area contributed by atoms with Crippen molar-refractivity contribution in [2.75, 3.05) is 20.8 Å². The third-order valence-corrected chi connectivity index (χ3v) is 4.90. The number of aromatic nitrogens is 2. The number of amides is 1. The Balaban J connectivity index is 1.90. The number of ether oxygens (including phenoxy) is 1. The van der Waals surface area contributed by atoms with Gasteiger partial charge in [-0.15, -0.1) is 0 Å². The van der Waals surface area contributed by atoms with Gasteiger partial charge in [-0.05, 0) is 49.7 Å². The molecule has 1 amide bonds. The molecular weight excluding hydrogens is 350 g/mol. The van der Waals surface area contributed by atoms with E-state index in [1.165, 1.54) is 0 Å². The Labute approximate surface area is 166 Å². The summed E-state index contributed by atoms with van der Waals surface area (Å²) < 4.78 is 5.34. The molecule has 0 saturated carbocycles. The molecule has 0 unspecified atom stereocenters. The van der Waals surface area contributed by atoms with Crippen molar-refractivity contribution in [3.8, 4) is 11.3 Å². The van der Waals surface area contributed by atoms with E-state index >= 15 is 0 Å². The Bertz CT molecular complexity index is 957. The Hall–Kier alpha value is -3.05. The van der Waals surface area contributed by atoms with Crippen LogP contribution >= 0.6 is 0 Å². The molecule has 0 aliphatic heterocycles. The molecule has 0 aliphatic rings. The molecule has 0 bridgehead atoms. The van der Waals surface area contributed by atoms with E-state index in [0.29, 0.717) is 12.2 Å². The molecular formula is C23H25N3O2. The number of hydrogen-bond donors (Lipinski definition) is 0. The molecule has 1 atom stereocenters. The number of aryl methyl sites for hydroxylation is 2. The van der Waals surface area contributed by atoms with Crippen molar-refractivity contribution < 1.29 is 9.53 Å². The van der Waals surface area contributed by atoms with E-state index in [1.54, 1.807) is 25.3 Å². The number of carbonyl (C=O) groups is 1. The summed E-state index contributed by atoms with van der Waals surface area (Å²) in [5, 5.41) is 0. The van der Waals surface area contributed by atoms with Gasteiger partial charge in [-0.25, -0.2) is 0 Å². The van der Waals surface area contributed by atoms with Crippen molar-refractivity contribution in [3.63, 3.8) is 0 Å². The van der Waals surface area contributed by atoms with Crippen molar-refractivity contribution in [2.45, 2.75) is 19.9 Å². The van der Waals surface area contributed by atoms with E-state index in [1.807, 2.05) is 68.4 Å². The minimum absolute atomic E-state index is 0.0848. The van der Waals surface area contributed by atoms with Crippen molar-refractivity contribution >= 4 is 5.91 Å². The SMILES string of the molecule is COC[C@@H](c1ccccn1)N(C)C(=O)c1cccc(-c2ccc(C)c(C)n2)c1. The lowest BCUT2D eigenvalue weighted by Gasteiger charge is -2.27. The number of hydrogen-bond acceptors (Lipinski definition) is 4. The molecule has 144 valence electrons. The number of carbonyl (C=O) groups excluding carboxylic acids is 1. The summed E-state index contributed by atoms with van der Waals surface area (Å²) in [7, 11) is 3.40. The second kappa shape index (κ2) is 8.76. The van der Waals surface area contributed by atoms with Gasteiger partial charge in [-0.2, -0.15) is 0 Å². The van der Waals surface area contributed by atoms with Crippen molar-refractivity contribution in [2.24, 2.45) is 0 Å². The van der Waals surface area contributed by atoms with Crippen LogP contribution in [0.15, 0.2) is 60.8 Å². The van der Waals surface area contributed by atoms with E-state index in [-0.39, 0.29) is 11.9 Å². The Morgan fingerprint density at radius 1 is 1.11 bits per heavy atom. The zero-order valence-electron chi connectivity index (χ0n) is 16.7. The third kappa shape index (κ3) is 4.26. The summed E-state index contributed by atoms with van der Waals surface area (Å²) in [6.45, 7) is 4.40. The molecule has 3 aromatic rings. The second-order valence-electron chi connectivity index (χ2n) is 6.82. The minimum atomic E-state index is -0.262. The number of benzene rings is 1. The lowest BCUT2D eigenvalue weighted by atomic mass is 10.0. The normalized spacial score (nSPS) is 11.9. The van der Waals surface area contributed by atoms with Gasteiger partial charge in [0.1, 0.15) is 0 Å². The van der Waals surface area contributed by atoms with E-state index in [9.17, 15) is 4.79 Å². The molecule has 0 fully saturated rings. The molecule has 2 aromatic heterocycles. The van der Waals surface area contributed by atoms with E-state index in [4.69, 9.17) is 4.74 Å². The highest BCUT2D eigenvalue weighted by Crippen LogP contribution is 2.23. The lowest BCUT2D eigenvalue weighted by Crippen LogP contribution is -2.34. The summed E-state index contributed by atoms with van der Waals surface area (Å²) in [6.07, 6.45) is 1.72. The van der Waals surface area contributed by atoms with Crippen LogP contribution in [0.3, 0.4) is 0 Å². The maximum Gasteiger partial charge on any atom is 0.254 e. The van der Waals surface area contributed by atoms with Crippen molar-refractivity contribution in [1.82, 2.24) is 14.9 Å². The van der Waals surface area contributed by atoms with Crippen LogP contribution in [0.1, 0.15) is 33.4 Å². The van der Waals surface area contributed by atoms with Crippen molar-refractivity contribution in [3.05, 3.63) is 83.3 Å². The first kappa shape index (κ1) is 19.7. The highest BCUT2D eigenvalue weighted by molar-refractivity contribution is 5.95. The van der Waals surface area contributed by atoms with Crippen LogP contribution in [-0.2, 0) is 4.74 Å². The number of nitrogens with zero attached hydrogens (tertiary/aromatic N) is 3. The number of pyridine rings is 2. The van der Waals surface area contributed by atoms with Crippen LogP contribution in [0.5, 0.6) is 0 Å². The first-order valence-electron chi connectivity index (χ1n) is 9.23. The van der Waals surface area contributed by atoms with Crippen LogP contribution < -0.4 is 0 Å². The van der Waals surface area contributed by atoms with Gasteiger partial charge < -0.3 is 9.64 Å². The predicted molar refractivity (Wildman–Crippen MR) is 110 cm³/mol. The van der Waals surface area contributed by atoms with Gasteiger partial charge in [0, 0.05) is 37.2 Å². The Kier molecular flexibility index (Phi) is 6.16. The molecule has 0 aliphatic carbocycles. The maximum absolute atomic E-state index is 13.2. The van der Waals surface area contributed by atoms with E-state index < -0.39 is 0 Å². The topological polar surface area (TPSA) is 55.3 Å². The number of rotatable bonds is 6. The highest BCUT2D eigenvalue weighted by atomic mass is 16.5. The molecule has 2 heterocycles. The van der Waals surface area contributed by atoms with Crippen LogP contribution in [0, 0.1) is 13.8 Å². The summed E-state index contributed by atoms with van der Waals surface area (Å²) in [5.41, 5.74) is 5.32. The predicted octanol–water partition coefficient (Wildman–Crippen LogP) is 4.22. The molecule has 0 saturated heterocycles. The molecule has 0 spiro atoms. The van der Waals surface area contributed by atoms with Gasteiger partial charge in [-0.3, -0.25) is 14.8 Å². The summed E-state index contributed by atoms with van der Waals surface area (Å²) in [4.78, 5) is 23.9. The lowest BCUT2D eigenvalue weighted by molar-refractivity contribution is 0.0595. The minimum Gasteiger partial charge on any atom is -0.382 e. The Morgan fingerprint density at radius 3 is 2.61 bits per heavy atom. The highest BCUT2D eigenvalue weighted by Gasteiger charge is 2.24. The summed E-state index contributed by atoms with van der Waals surface area (Å²) in [6, 6.07) is 17.0. The first-order chi connectivity index (χ1) is 13.5. The number of methoxy groups -OCH3 is 1. The van der Waals surface area contributed by atoms with Gasteiger partial charge in [0.2, 0.25) is 0 Å². The fourth-order valence-corrected chi connectivity index (χ4v) is 3.07. The second-order valence-corrected chi connectivity index (χ2v) is 6.82. The van der Waals surface area contributed by atoms with Gasteiger partial charge in [-0.1, -0.05) is 24.3 Å². The molecule has 3 rings (SSSR count). The van der Waals surface area contributed by atoms with Crippen LogP contribution in [0.2, 0.25) is 0 Å². The molecule has 0 N–H and O–H groups in total. The zero-order chi connectivity index (χ0) is 20.1. The quantitative estimate of drug-likeness (QED) is 0.647. The monoisotopic (exact) mass is 375 g/mol. The summed E-state index contributed by atoms with van der Waals surface area (Å²) in [5.74, 6) is -0.0848. The van der Waals surface area contributed by atoms with Gasteiger partial charge in [0.25, 0.3) is 5.91 Å². The standard InChI is InChI=1S/C23H25N3O2/c1-16-11-12-20(25-17(16)2)18-8-7-9-19(14-18)23(27)26(3)22(15-28-4)21-10-5-6-13-24-21/h5-14,22H,15H2,1-4H3/t22-/m0/s1. The average molecular weight is 375 g/mol.